The van der Waals surface area contributed by atoms with Crippen LogP contribution in [0.1, 0.15) is 44.3 Å². The van der Waals surface area contributed by atoms with Gasteiger partial charge in [-0.05, 0) is 44.7 Å². The van der Waals surface area contributed by atoms with Gasteiger partial charge in [-0.2, -0.15) is 0 Å². The Morgan fingerprint density at radius 1 is 1.39 bits per heavy atom. The Kier molecular flexibility index (Phi) is 6.44. The van der Waals surface area contributed by atoms with Gasteiger partial charge in [-0.1, -0.05) is 6.08 Å². The second kappa shape index (κ2) is 7.88. The number of unbranched alkanes of at least 4 members (excludes halogenated alkanes) is 3. The Bertz CT molecular complexity index is 375. The normalized spacial score (nSPS) is 12.2. The molecular formula is C15H21FO2. The smallest absolute Gasteiger partial charge is 0.132 e. The average molecular weight is 252 g/mol. The van der Waals surface area contributed by atoms with Crippen LogP contribution in [0.4, 0.5) is 4.39 Å². The Morgan fingerprint density at radius 3 is 2.78 bits per heavy atom. The molecule has 0 spiro atoms. The van der Waals surface area contributed by atoms with E-state index in [1.54, 1.807) is 19.1 Å². The third kappa shape index (κ3) is 4.88. The maximum Gasteiger partial charge on any atom is 0.132 e. The summed E-state index contributed by atoms with van der Waals surface area (Å²) in [6.45, 7) is 5.79. The molecule has 2 nitrogen and oxygen atoms in total. The fourth-order valence-electron chi connectivity index (χ4n) is 1.69. The monoisotopic (exact) mass is 252 g/mol. The number of benzene rings is 1. The van der Waals surface area contributed by atoms with Gasteiger partial charge in [0.15, 0.2) is 0 Å². The number of allylic oxidation sites excluding steroid dienone is 1. The lowest BCUT2D eigenvalue weighted by Gasteiger charge is -2.09. The second-order valence-electron chi connectivity index (χ2n) is 4.35. The molecule has 0 fully saturated rings. The number of halogens is 1. The highest BCUT2D eigenvalue weighted by molar-refractivity contribution is 5.29. The number of ether oxygens (including phenoxy) is 1. The summed E-state index contributed by atoms with van der Waals surface area (Å²) in [7, 11) is 0. The topological polar surface area (TPSA) is 29.5 Å². The van der Waals surface area contributed by atoms with Crippen LogP contribution in [0.3, 0.4) is 0 Å². The van der Waals surface area contributed by atoms with Crippen molar-refractivity contribution < 1.29 is 14.2 Å². The molecule has 0 amide bonds. The lowest BCUT2D eigenvalue weighted by atomic mass is 10.1. The zero-order chi connectivity index (χ0) is 13.4. The second-order valence-corrected chi connectivity index (χ2v) is 4.35. The molecule has 1 aromatic carbocycles. The van der Waals surface area contributed by atoms with Crippen molar-refractivity contribution in [3.05, 3.63) is 42.2 Å². The van der Waals surface area contributed by atoms with E-state index >= 15 is 0 Å². The number of hydrogen-bond acceptors (Lipinski definition) is 2. The summed E-state index contributed by atoms with van der Waals surface area (Å²) in [6, 6.07) is 4.58. The summed E-state index contributed by atoms with van der Waals surface area (Å²) in [5.74, 6) is 0.0924. The van der Waals surface area contributed by atoms with E-state index in [1.807, 2.05) is 6.08 Å². The third-order valence-corrected chi connectivity index (χ3v) is 2.74. The summed E-state index contributed by atoms with van der Waals surface area (Å²) in [5.41, 5.74) is 0.299. The highest BCUT2D eigenvalue weighted by Crippen LogP contribution is 2.21. The van der Waals surface area contributed by atoms with Crippen molar-refractivity contribution in [3.63, 3.8) is 0 Å². The van der Waals surface area contributed by atoms with Gasteiger partial charge in [0.05, 0.1) is 12.7 Å². The van der Waals surface area contributed by atoms with Gasteiger partial charge in [0, 0.05) is 11.6 Å². The first-order chi connectivity index (χ1) is 8.65. The molecular weight excluding hydrogens is 231 g/mol. The Balaban J connectivity index is 2.35. The molecule has 3 heteroatoms. The molecule has 0 aliphatic rings. The van der Waals surface area contributed by atoms with Gasteiger partial charge >= 0.3 is 0 Å². The van der Waals surface area contributed by atoms with E-state index in [-0.39, 0.29) is 0 Å². The van der Waals surface area contributed by atoms with Crippen molar-refractivity contribution in [2.75, 3.05) is 6.61 Å². The maximum atomic E-state index is 13.5. The zero-order valence-electron chi connectivity index (χ0n) is 10.9. The standard InChI is InChI=1S/C15H21FO2/c1-3-4-5-6-7-10-18-13-8-9-14(12(2)17)15(16)11-13/h3,8-9,11-12,17H,1,4-7,10H2,2H3. The van der Waals surface area contributed by atoms with Crippen LogP contribution in [0.15, 0.2) is 30.9 Å². The van der Waals surface area contributed by atoms with Crippen LogP contribution in [0.2, 0.25) is 0 Å². The van der Waals surface area contributed by atoms with Crippen molar-refractivity contribution in [2.24, 2.45) is 0 Å². The van der Waals surface area contributed by atoms with Crippen molar-refractivity contribution in [1.29, 1.82) is 0 Å². The quantitative estimate of drug-likeness (QED) is 0.559. The molecule has 1 unspecified atom stereocenters. The van der Waals surface area contributed by atoms with E-state index in [0.717, 1.165) is 25.7 Å². The highest BCUT2D eigenvalue weighted by Gasteiger charge is 2.08. The van der Waals surface area contributed by atoms with Gasteiger partial charge < -0.3 is 9.84 Å². The minimum absolute atomic E-state index is 0.299. The van der Waals surface area contributed by atoms with E-state index in [0.29, 0.717) is 17.9 Å². The zero-order valence-corrected chi connectivity index (χ0v) is 10.9. The van der Waals surface area contributed by atoms with Crippen molar-refractivity contribution >= 4 is 0 Å². The van der Waals surface area contributed by atoms with Crippen LogP contribution in [-0.4, -0.2) is 11.7 Å². The van der Waals surface area contributed by atoms with Crippen molar-refractivity contribution in [1.82, 2.24) is 0 Å². The third-order valence-electron chi connectivity index (χ3n) is 2.74. The summed E-state index contributed by atoms with van der Waals surface area (Å²) >= 11 is 0. The van der Waals surface area contributed by atoms with Crippen molar-refractivity contribution in [3.8, 4) is 5.75 Å². The molecule has 0 saturated carbocycles. The van der Waals surface area contributed by atoms with Crippen molar-refractivity contribution in [2.45, 2.75) is 38.7 Å². The fourth-order valence-corrected chi connectivity index (χ4v) is 1.69. The van der Waals surface area contributed by atoms with Gasteiger partial charge in [0.25, 0.3) is 0 Å². The molecule has 0 saturated heterocycles. The number of aliphatic hydroxyl groups excluding tert-OH is 1. The van der Waals surface area contributed by atoms with Gasteiger partial charge in [-0.15, -0.1) is 6.58 Å². The highest BCUT2D eigenvalue weighted by atomic mass is 19.1. The van der Waals surface area contributed by atoms with Gasteiger partial charge in [0.1, 0.15) is 11.6 Å². The summed E-state index contributed by atoms with van der Waals surface area (Å²) in [5, 5.41) is 9.30. The Labute approximate surface area is 108 Å². The molecule has 0 aliphatic carbocycles. The molecule has 1 aromatic rings. The first kappa shape index (κ1) is 14.7. The van der Waals surface area contributed by atoms with Crippen LogP contribution >= 0.6 is 0 Å². The predicted molar refractivity (Wildman–Crippen MR) is 71.2 cm³/mol. The van der Waals surface area contributed by atoms with Gasteiger partial charge in [0.2, 0.25) is 0 Å². The van der Waals surface area contributed by atoms with Crippen LogP contribution in [0.25, 0.3) is 0 Å². The first-order valence-corrected chi connectivity index (χ1v) is 6.36. The largest absolute Gasteiger partial charge is 0.493 e. The minimum Gasteiger partial charge on any atom is -0.493 e. The molecule has 0 aromatic heterocycles. The summed E-state index contributed by atoms with van der Waals surface area (Å²) < 4.78 is 19.0. The molecule has 1 rings (SSSR count). The molecule has 1 atom stereocenters. The van der Waals surface area contributed by atoms with Gasteiger partial charge in [-0.25, -0.2) is 4.39 Å². The number of hydrogen-bond donors (Lipinski definition) is 1. The Hall–Kier alpha value is -1.35. The lowest BCUT2D eigenvalue weighted by molar-refractivity contribution is 0.194. The van der Waals surface area contributed by atoms with E-state index in [9.17, 15) is 9.50 Å². The molecule has 18 heavy (non-hydrogen) atoms. The van der Waals surface area contributed by atoms with Crippen LogP contribution in [0.5, 0.6) is 5.75 Å². The average Bonchev–Trinajstić information content (AvgIpc) is 2.33. The fraction of sp³-hybridized carbons (Fsp3) is 0.467. The molecule has 0 heterocycles. The van der Waals surface area contributed by atoms with Gasteiger partial charge in [-0.3, -0.25) is 0 Å². The summed E-state index contributed by atoms with van der Waals surface area (Å²) in [4.78, 5) is 0. The molecule has 1 N–H and O–H groups in total. The lowest BCUT2D eigenvalue weighted by Crippen LogP contribution is -2.00. The van der Waals surface area contributed by atoms with Crippen LogP contribution < -0.4 is 4.74 Å². The van der Waals surface area contributed by atoms with E-state index in [2.05, 4.69) is 6.58 Å². The van der Waals surface area contributed by atoms with E-state index < -0.39 is 11.9 Å². The molecule has 0 bridgehead atoms. The van der Waals surface area contributed by atoms with Crippen LogP contribution in [-0.2, 0) is 0 Å². The SMILES string of the molecule is C=CCCCCCOc1ccc(C(C)O)c(F)c1. The summed E-state index contributed by atoms with van der Waals surface area (Å²) in [6.07, 6.45) is 5.29. The molecule has 0 radical (unpaired) electrons. The maximum absolute atomic E-state index is 13.5. The number of aliphatic hydroxyl groups is 1. The number of rotatable bonds is 8. The van der Waals surface area contributed by atoms with Crippen LogP contribution in [0, 0.1) is 5.82 Å². The predicted octanol–water partition coefficient (Wildman–Crippen LogP) is 4.00. The first-order valence-electron chi connectivity index (χ1n) is 6.36. The van der Waals surface area contributed by atoms with E-state index in [4.69, 9.17) is 4.74 Å². The Morgan fingerprint density at radius 2 is 2.17 bits per heavy atom. The molecule has 100 valence electrons. The minimum atomic E-state index is -0.794. The van der Waals surface area contributed by atoms with E-state index in [1.165, 1.54) is 6.07 Å². The molecule has 0 aliphatic heterocycles.